The minimum Gasteiger partial charge on any atom is -0.452 e. The molecule has 0 unspecified atom stereocenters. The van der Waals surface area contributed by atoms with E-state index in [-0.39, 0.29) is 11.3 Å². The molecule has 0 radical (unpaired) electrons. The third-order valence-corrected chi connectivity index (χ3v) is 5.55. The molecule has 1 amide bonds. The molecule has 0 atom stereocenters. The van der Waals surface area contributed by atoms with Crippen LogP contribution in [0.2, 0.25) is 5.02 Å². The Hall–Kier alpha value is -2.56. The standard InChI is InChI=1S/C18H16ClN3O3S/c19-10-5-6-14(21)12(7-10)18(24)25-9-16(23)22-17-13(8-20)11-3-1-2-4-15(11)26-17/h5-7H,1-4,9,21H2,(H,22,23). The molecule has 6 nitrogen and oxygen atoms in total. The van der Waals surface area contributed by atoms with Crippen LogP contribution < -0.4 is 11.1 Å². The van der Waals surface area contributed by atoms with Gasteiger partial charge in [0.25, 0.3) is 5.91 Å². The number of nitrogens with two attached hydrogens (primary N) is 1. The van der Waals surface area contributed by atoms with Crippen LogP contribution in [0.1, 0.15) is 39.2 Å². The maximum Gasteiger partial charge on any atom is 0.340 e. The zero-order valence-electron chi connectivity index (χ0n) is 13.8. The molecule has 0 fully saturated rings. The van der Waals surface area contributed by atoms with Crippen LogP contribution in [0.15, 0.2) is 18.2 Å². The third-order valence-electron chi connectivity index (χ3n) is 4.11. The molecule has 0 saturated heterocycles. The summed E-state index contributed by atoms with van der Waals surface area (Å²) in [6.07, 6.45) is 3.91. The first-order valence-corrected chi connectivity index (χ1v) is 9.25. The SMILES string of the molecule is N#Cc1c(NC(=O)COC(=O)c2cc(Cl)ccc2N)sc2c1CCCC2. The first-order valence-electron chi connectivity index (χ1n) is 8.06. The van der Waals surface area contributed by atoms with E-state index in [0.717, 1.165) is 36.1 Å². The van der Waals surface area contributed by atoms with Gasteiger partial charge in [0.2, 0.25) is 0 Å². The van der Waals surface area contributed by atoms with Gasteiger partial charge < -0.3 is 15.8 Å². The van der Waals surface area contributed by atoms with E-state index in [4.69, 9.17) is 22.1 Å². The Morgan fingerprint density at radius 3 is 2.88 bits per heavy atom. The highest BCUT2D eigenvalue weighted by Gasteiger charge is 2.22. The summed E-state index contributed by atoms with van der Waals surface area (Å²) in [7, 11) is 0. The highest BCUT2D eigenvalue weighted by Crippen LogP contribution is 2.37. The zero-order valence-corrected chi connectivity index (χ0v) is 15.4. The molecule has 3 N–H and O–H groups in total. The van der Waals surface area contributed by atoms with Crippen molar-refractivity contribution in [2.75, 3.05) is 17.7 Å². The highest BCUT2D eigenvalue weighted by molar-refractivity contribution is 7.16. The van der Waals surface area contributed by atoms with Crippen LogP contribution in [-0.2, 0) is 22.4 Å². The molecule has 1 aromatic heterocycles. The number of aryl methyl sites for hydroxylation is 1. The van der Waals surface area contributed by atoms with Gasteiger partial charge >= 0.3 is 5.97 Å². The molecule has 1 aromatic carbocycles. The Bertz CT molecular complexity index is 917. The first-order chi connectivity index (χ1) is 12.5. The molecule has 0 spiro atoms. The zero-order chi connectivity index (χ0) is 18.7. The summed E-state index contributed by atoms with van der Waals surface area (Å²) in [5, 5.41) is 12.9. The van der Waals surface area contributed by atoms with Crippen LogP contribution in [0.25, 0.3) is 0 Å². The Kier molecular flexibility index (Phi) is 5.45. The van der Waals surface area contributed by atoms with Crippen molar-refractivity contribution in [2.24, 2.45) is 0 Å². The van der Waals surface area contributed by atoms with Crippen molar-refractivity contribution in [3.05, 3.63) is 44.8 Å². The van der Waals surface area contributed by atoms with Crippen LogP contribution >= 0.6 is 22.9 Å². The van der Waals surface area contributed by atoms with E-state index in [1.165, 1.54) is 23.5 Å². The van der Waals surface area contributed by atoms with Crippen molar-refractivity contribution >= 4 is 45.5 Å². The molecule has 1 aliphatic carbocycles. The second-order valence-electron chi connectivity index (χ2n) is 5.88. The number of hydrogen-bond donors (Lipinski definition) is 2. The number of nitriles is 1. The number of nitrogens with zero attached hydrogens (tertiary/aromatic N) is 1. The van der Waals surface area contributed by atoms with Crippen molar-refractivity contribution in [1.29, 1.82) is 5.26 Å². The molecular weight excluding hydrogens is 374 g/mol. The number of benzene rings is 1. The minimum atomic E-state index is -0.730. The molecule has 8 heteroatoms. The summed E-state index contributed by atoms with van der Waals surface area (Å²) >= 11 is 7.26. The molecule has 0 bridgehead atoms. The van der Waals surface area contributed by atoms with E-state index < -0.39 is 18.5 Å². The van der Waals surface area contributed by atoms with Crippen molar-refractivity contribution in [3.8, 4) is 6.07 Å². The number of esters is 1. The highest BCUT2D eigenvalue weighted by atomic mass is 35.5. The summed E-state index contributed by atoms with van der Waals surface area (Å²) in [5.41, 5.74) is 7.59. The van der Waals surface area contributed by atoms with Crippen LogP contribution in [0.3, 0.4) is 0 Å². The number of ether oxygens (including phenoxy) is 1. The molecule has 3 rings (SSSR count). The molecule has 1 heterocycles. The predicted octanol–water partition coefficient (Wildman–Crippen LogP) is 3.53. The Balaban J connectivity index is 1.65. The van der Waals surface area contributed by atoms with Crippen LogP contribution in [0, 0.1) is 11.3 Å². The van der Waals surface area contributed by atoms with Crippen molar-refractivity contribution in [2.45, 2.75) is 25.7 Å². The van der Waals surface area contributed by atoms with Gasteiger partial charge in [0, 0.05) is 15.6 Å². The lowest BCUT2D eigenvalue weighted by atomic mass is 9.96. The van der Waals surface area contributed by atoms with Gasteiger partial charge in [0.1, 0.15) is 11.1 Å². The summed E-state index contributed by atoms with van der Waals surface area (Å²) < 4.78 is 5.01. The van der Waals surface area contributed by atoms with Crippen molar-refractivity contribution in [3.63, 3.8) is 0 Å². The molecule has 134 valence electrons. The van der Waals surface area contributed by atoms with E-state index in [1.54, 1.807) is 6.07 Å². The van der Waals surface area contributed by atoms with Gasteiger partial charge in [-0.15, -0.1) is 11.3 Å². The molecule has 2 aromatic rings. The Labute approximate surface area is 159 Å². The molecule has 0 saturated carbocycles. The number of hydrogen-bond acceptors (Lipinski definition) is 6. The molecule has 26 heavy (non-hydrogen) atoms. The number of carbonyl (C=O) groups is 2. The van der Waals surface area contributed by atoms with E-state index in [2.05, 4.69) is 11.4 Å². The Morgan fingerprint density at radius 2 is 2.12 bits per heavy atom. The van der Waals surface area contributed by atoms with Gasteiger partial charge in [-0.3, -0.25) is 4.79 Å². The maximum atomic E-state index is 12.1. The number of halogens is 1. The lowest BCUT2D eigenvalue weighted by Gasteiger charge is -2.09. The normalized spacial score (nSPS) is 12.8. The predicted molar refractivity (Wildman–Crippen MR) is 100 cm³/mol. The monoisotopic (exact) mass is 389 g/mol. The minimum absolute atomic E-state index is 0.106. The first kappa shape index (κ1) is 18.2. The number of fused-ring (bicyclic) bond motifs is 1. The van der Waals surface area contributed by atoms with Gasteiger partial charge in [0.05, 0.1) is 11.1 Å². The average Bonchev–Trinajstić information content (AvgIpc) is 2.98. The second-order valence-corrected chi connectivity index (χ2v) is 7.42. The van der Waals surface area contributed by atoms with Gasteiger partial charge in [-0.2, -0.15) is 5.26 Å². The quantitative estimate of drug-likeness (QED) is 0.614. The van der Waals surface area contributed by atoms with Crippen molar-refractivity contribution in [1.82, 2.24) is 0 Å². The third kappa shape index (κ3) is 3.82. The molecule has 1 aliphatic rings. The van der Waals surface area contributed by atoms with Gasteiger partial charge in [-0.05, 0) is 49.4 Å². The fourth-order valence-corrected chi connectivity index (χ4v) is 4.28. The topological polar surface area (TPSA) is 105 Å². The van der Waals surface area contributed by atoms with E-state index in [0.29, 0.717) is 15.6 Å². The maximum absolute atomic E-state index is 12.1. The second kappa shape index (κ2) is 7.77. The summed E-state index contributed by atoms with van der Waals surface area (Å²) in [6, 6.07) is 6.61. The number of carbonyl (C=O) groups excluding carboxylic acids is 2. The summed E-state index contributed by atoms with van der Waals surface area (Å²) in [5.74, 6) is -1.24. The van der Waals surface area contributed by atoms with Gasteiger partial charge in [0.15, 0.2) is 6.61 Å². The summed E-state index contributed by atoms with van der Waals surface area (Å²) in [6.45, 7) is -0.474. The van der Waals surface area contributed by atoms with E-state index in [1.807, 2.05) is 0 Å². The Morgan fingerprint density at radius 1 is 1.35 bits per heavy atom. The average molecular weight is 390 g/mol. The molecular formula is C18H16ClN3O3S. The fourth-order valence-electron chi connectivity index (χ4n) is 2.85. The van der Waals surface area contributed by atoms with E-state index >= 15 is 0 Å². The summed E-state index contributed by atoms with van der Waals surface area (Å²) in [4.78, 5) is 25.3. The van der Waals surface area contributed by atoms with Gasteiger partial charge in [-0.1, -0.05) is 11.6 Å². The number of nitrogen functional groups attached to an aromatic ring is 1. The lowest BCUT2D eigenvalue weighted by molar-refractivity contribution is -0.119. The van der Waals surface area contributed by atoms with Crippen LogP contribution in [0.5, 0.6) is 0 Å². The lowest BCUT2D eigenvalue weighted by Crippen LogP contribution is -2.21. The number of anilines is 2. The van der Waals surface area contributed by atoms with Crippen LogP contribution in [-0.4, -0.2) is 18.5 Å². The van der Waals surface area contributed by atoms with Crippen molar-refractivity contribution < 1.29 is 14.3 Å². The fraction of sp³-hybridized carbons (Fsp3) is 0.278. The largest absolute Gasteiger partial charge is 0.452 e. The number of nitrogens with one attached hydrogen (secondary N) is 1. The van der Waals surface area contributed by atoms with E-state index in [9.17, 15) is 14.9 Å². The van der Waals surface area contributed by atoms with Gasteiger partial charge in [-0.25, -0.2) is 4.79 Å². The number of rotatable bonds is 4. The van der Waals surface area contributed by atoms with Crippen LogP contribution in [0.4, 0.5) is 10.7 Å². The smallest absolute Gasteiger partial charge is 0.340 e. The number of thiophene rings is 1. The molecule has 0 aliphatic heterocycles. The number of amides is 1.